The van der Waals surface area contributed by atoms with E-state index >= 15 is 0 Å². The Morgan fingerprint density at radius 3 is 1.96 bits per heavy atom. The van der Waals surface area contributed by atoms with Crippen molar-refractivity contribution in [3.05, 3.63) is 24.3 Å². The lowest BCUT2D eigenvalue weighted by Gasteiger charge is -2.38. The summed E-state index contributed by atoms with van der Waals surface area (Å²) in [6, 6.07) is 2.68. The molecule has 0 aromatic heterocycles. The van der Waals surface area contributed by atoms with Gasteiger partial charge in [0.25, 0.3) is 0 Å². The number of unbranched alkanes of at least 4 members (excludes halogenated alkanes) is 1. The predicted molar refractivity (Wildman–Crippen MR) is 85.7 cm³/mol. The molecule has 0 unspecified atom stereocenters. The number of primary sulfonamides is 1. The highest BCUT2D eigenvalue weighted by Gasteiger charge is 2.73. The number of nitrogens with one attached hydrogen (secondary N) is 2. The van der Waals surface area contributed by atoms with Gasteiger partial charge in [-0.15, -0.1) is 0 Å². The van der Waals surface area contributed by atoms with Crippen molar-refractivity contribution >= 4 is 21.8 Å². The van der Waals surface area contributed by atoms with Gasteiger partial charge in [-0.25, -0.2) is 18.4 Å². The van der Waals surface area contributed by atoms with Crippen LogP contribution in [-0.2, 0) is 14.8 Å². The van der Waals surface area contributed by atoms with Gasteiger partial charge < -0.3 is 10.1 Å². The van der Waals surface area contributed by atoms with Crippen LogP contribution in [0.25, 0.3) is 0 Å². The number of amides is 1. The summed E-state index contributed by atoms with van der Waals surface area (Å²) in [5.74, 6) is 0. The van der Waals surface area contributed by atoms with E-state index in [4.69, 9.17) is 5.14 Å². The molecule has 4 N–H and O–H groups in total. The second kappa shape index (κ2) is 8.43. The Labute approximate surface area is 156 Å². The van der Waals surface area contributed by atoms with Gasteiger partial charge in [0.2, 0.25) is 10.0 Å². The molecule has 160 valence electrons. The molecule has 0 saturated carbocycles. The quantitative estimate of drug-likeness (QED) is 0.345. The fourth-order valence-corrected chi connectivity index (χ4v) is 2.43. The SMILES string of the molecule is CCCCOC(=O)NC(Nc1ccc(S(N)(=O)=O)cc1)(C(F)(F)F)C(F)(F)F. The number of halogens is 6. The molecule has 0 fully saturated rings. The minimum Gasteiger partial charge on any atom is -0.450 e. The van der Waals surface area contributed by atoms with Crippen molar-refractivity contribution in [2.24, 2.45) is 5.14 Å². The molecule has 0 aliphatic carbocycles. The number of anilines is 1. The van der Waals surface area contributed by atoms with Crippen LogP contribution >= 0.6 is 0 Å². The molecule has 0 heterocycles. The lowest BCUT2D eigenvalue weighted by atomic mass is 10.1. The van der Waals surface area contributed by atoms with Crippen LogP contribution in [0.4, 0.5) is 36.8 Å². The molecule has 1 amide bonds. The van der Waals surface area contributed by atoms with Gasteiger partial charge >= 0.3 is 24.1 Å². The molecule has 0 atom stereocenters. The molecule has 28 heavy (non-hydrogen) atoms. The van der Waals surface area contributed by atoms with Crippen LogP contribution in [-0.4, -0.2) is 39.1 Å². The van der Waals surface area contributed by atoms with Crippen molar-refractivity contribution in [2.45, 2.75) is 42.7 Å². The van der Waals surface area contributed by atoms with E-state index in [-0.39, 0.29) is 13.0 Å². The molecular weight excluding hydrogens is 420 g/mol. The van der Waals surface area contributed by atoms with E-state index in [1.54, 1.807) is 6.92 Å². The second-order valence-electron chi connectivity index (χ2n) is 5.55. The summed E-state index contributed by atoms with van der Waals surface area (Å²) < 4.78 is 107. The van der Waals surface area contributed by atoms with Crippen LogP contribution in [0.1, 0.15) is 19.8 Å². The average Bonchev–Trinajstić information content (AvgIpc) is 2.52. The van der Waals surface area contributed by atoms with Crippen LogP contribution in [0.2, 0.25) is 0 Å². The van der Waals surface area contributed by atoms with Crippen LogP contribution in [0.15, 0.2) is 29.2 Å². The number of alkyl halides is 6. The first kappa shape index (κ1) is 23.8. The first-order valence-electron chi connectivity index (χ1n) is 7.63. The highest BCUT2D eigenvalue weighted by molar-refractivity contribution is 7.89. The number of alkyl carbamates (subject to hydrolysis) is 1. The van der Waals surface area contributed by atoms with Crippen molar-refractivity contribution in [2.75, 3.05) is 11.9 Å². The van der Waals surface area contributed by atoms with Gasteiger partial charge in [-0.1, -0.05) is 13.3 Å². The molecule has 0 spiro atoms. The summed E-state index contributed by atoms with van der Waals surface area (Å²) in [6.45, 7) is 1.29. The van der Waals surface area contributed by atoms with Crippen LogP contribution in [0, 0.1) is 0 Å². The zero-order chi connectivity index (χ0) is 21.8. The van der Waals surface area contributed by atoms with E-state index < -0.39 is 44.7 Å². The summed E-state index contributed by atoms with van der Waals surface area (Å²) >= 11 is 0. The summed E-state index contributed by atoms with van der Waals surface area (Å²) in [5.41, 5.74) is -5.66. The third kappa shape index (κ3) is 5.64. The first-order valence-corrected chi connectivity index (χ1v) is 9.18. The lowest BCUT2D eigenvalue weighted by molar-refractivity contribution is -0.294. The average molecular weight is 437 g/mol. The molecule has 1 aromatic rings. The minimum absolute atomic E-state index is 0.237. The van der Waals surface area contributed by atoms with Crippen molar-refractivity contribution in [3.8, 4) is 0 Å². The Kier molecular flexibility index (Phi) is 7.17. The normalized spacial score (nSPS) is 13.1. The number of carbonyl (C=O) groups excluding carboxylic acids is 1. The van der Waals surface area contributed by atoms with E-state index in [0.29, 0.717) is 30.7 Å². The van der Waals surface area contributed by atoms with Crippen LogP contribution < -0.4 is 15.8 Å². The van der Waals surface area contributed by atoms with E-state index in [9.17, 15) is 39.6 Å². The Bertz CT molecular complexity index is 764. The van der Waals surface area contributed by atoms with Gasteiger partial charge in [0, 0.05) is 5.69 Å². The molecule has 1 rings (SSSR count). The zero-order valence-corrected chi connectivity index (χ0v) is 15.1. The number of rotatable bonds is 7. The Hall–Kier alpha value is -2.22. The standard InChI is InChI=1S/C14H17F6N3O4S/c1-2-3-8-27-11(24)23-12(13(15,16)17,14(18,19)20)22-9-4-6-10(7-5-9)28(21,25)26/h4-7,22H,2-3,8H2,1H3,(H,23,24)(H2,21,25,26). The molecule has 0 bridgehead atoms. The summed E-state index contributed by atoms with van der Waals surface area (Å²) in [5, 5.41) is 6.79. The molecular formula is C14H17F6N3O4S. The Morgan fingerprint density at radius 2 is 1.57 bits per heavy atom. The van der Waals surface area contributed by atoms with Gasteiger partial charge in [-0.3, -0.25) is 5.32 Å². The predicted octanol–water partition coefficient (Wildman–Crippen LogP) is 3.09. The molecule has 0 aliphatic rings. The molecule has 7 nitrogen and oxygen atoms in total. The monoisotopic (exact) mass is 437 g/mol. The maximum Gasteiger partial charge on any atom is 0.439 e. The number of carbonyl (C=O) groups is 1. The molecule has 14 heteroatoms. The topological polar surface area (TPSA) is 111 Å². The van der Waals surface area contributed by atoms with Crippen molar-refractivity contribution in [1.82, 2.24) is 5.32 Å². The van der Waals surface area contributed by atoms with E-state index in [2.05, 4.69) is 4.74 Å². The number of hydrogen-bond donors (Lipinski definition) is 3. The van der Waals surface area contributed by atoms with E-state index in [1.807, 2.05) is 0 Å². The number of ether oxygens (including phenoxy) is 1. The zero-order valence-electron chi connectivity index (χ0n) is 14.3. The Morgan fingerprint density at radius 1 is 1.07 bits per heavy atom. The largest absolute Gasteiger partial charge is 0.450 e. The van der Waals surface area contributed by atoms with E-state index in [0.717, 1.165) is 5.32 Å². The fraction of sp³-hybridized carbons (Fsp3) is 0.500. The minimum atomic E-state index is -6.03. The summed E-state index contributed by atoms with van der Waals surface area (Å²) in [4.78, 5) is 11.0. The number of benzene rings is 1. The highest BCUT2D eigenvalue weighted by Crippen LogP contribution is 2.43. The molecule has 1 aromatic carbocycles. The van der Waals surface area contributed by atoms with Gasteiger partial charge in [0.05, 0.1) is 11.5 Å². The third-order valence-corrected chi connectivity index (χ3v) is 4.31. The second-order valence-corrected chi connectivity index (χ2v) is 7.12. The maximum atomic E-state index is 13.4. The Balaban J connectivity index is 3.28. The van der Waals surface area contributed by atoms with Crippen LogP contribution in [0.5, 0.6) is 0 Å². The maximum absolute atomic E-state index is 13.4. The van der Waals surface area contributed by atoms with Gasteiger partial charge in [0.15, 0.2) is 0 Å². The van der Waals surface area contributed by atoms with Crippen molar-refractivity contribution in [1.29, 1.82) is 0 Å². The number of nitrogens with two attached hydrogens (primary N) is 1. The van der Waals surface area contributed by atoms with E-state index in [1.165, 1.54) is 5.32 Å². The smallest absolute Gasteiger partial charge is 0.439 e. The number of hydrogen-bond acceptors (Lipinski definition) is 5. The number of sulfonamides is 1. The molecule has 0 saturated heterocycles. The third-order valence-electron chi connectivity index (χ3n) is 3.39. The fourth-order valence-electron chi connectivity index (χ4n) is 1.92. The van der Waals surface area contributed by atoms with Gasteiger partial charge in [0.1, 0.15) is 0 Å². The first-order chi connectivity index (χ1) is 12.6. The lowest BCUT2D eigenvalue weighted by Crippen LogP contribution is -2.72. The van der Waals surface area contributed by atoms with Crippen LogP contribution in [0.3, 0.4) is 0 Å². The summed E-state index contributed by atoms with van der Waals surface area (Å²) in [7, 11) is -4.21. The van der Waals surface area contributed by atoms with Gasteiger partial charge in [-0.2, -0.15) is 26.3 Å². The van der Waals surface area contributed by atoms with Crippen molar-refractivity contribution in [3.63, 3.8) is 0 Å². The molecule has 0 aliphatic heterocycles. The summed E-state index contributed by atoms with van der Waals surface area (Å²) in [6.07, 6.45) is -13.3. The molecule has 0 radical (unpaired) electrons. The van der Waals surface area contributed by atoms with Crippen molar-refractivity contribution < 1.29 is 44.3 Å². The highest BCUT2D eigenvalue weighted by atomic mass is 32.2. The van der Waals surface area contributed by atoms with Gasteiger partial charge in [-0.05, 0) is 30.7 Å².